The number of alkyl halides is 5. The number of benzene rings is 3. The maximum absolute atomic E-state index is 14.7. The number of hydrogen-bond donors (Lipinski definition) is 12. The van der Waals surface area contributed by atoms with Gasteiger partial charge in [-0.3, -0.25) is 57.5 Å². The van der Waals surface area contributed by atoms with Gasteiger partial charge in [0.05, 0.1) is 23.5 Å². The monoisotopic (exact) mass is 2110 g/mol. The molecule has 15 amide bonds. The zero-order valence-corrected chi connectivity index (χ0v) is 89.6. The molecule has 36 nitrogen and oxygen atoms in total. The van der Waals surface area contributed by atoms with Gasteiger partial charge in [-0.15, -0.1) is 23.2 Å². The fourth-order valence-corrected chi connectivity index (χ4v) is 22.7. The molecule has 14 rings (SSSR count). The van der Waals surface area contributed by atoms with Crippen LogP contribution in [0.25, 0.3) is 0 Å². The number of nitrogens with one attached hydrogen (secondary N) is 9. The van der Waals surface area contributed by atoms with Gasteiger partial charge in [0, 0.05) is 31.5 Å². The van der Waals surface area contributed by atoms with Crippen LogP contribution >= 0.6 is 23.2 Å². The van der Waals surface area contributed by atoms with E-state index in [9.17, 15) is 99.5 Å². The second kappa shape index (κ2) is 43.8. The second-order valence-electron chi connectivity index (χ2n) is 48.9. The van der Waals surface area contributed by atoms with Gasteiger partial charge in [-0.05, 0) is 175 Å². The van der Waals surface area contributed by atoms with E-state index in [2.05, 4.69) is 61.7 Å². The van der Waals surface area contributed by atoms with Crippen molar-refractivity contribution in [1.82, 2.24) is 62.6 Å². The Morgan fingerprint density at radius 3 is 1.14 bits per heavy atom. The molecule has 11 aliphatic rings. The molecule has 3 aliphatic heterocycles. The first-order valence-electron chi connectivity index (χ1n) is 51.3. The predicted molar refractivity (Wildman–Crippen MR) is 538 cm³/mol. The lowest BCUT2D eigenvalue weighted by atomic mass is 9.80. The maximum Gasteiger partial charge on any atom is 0.397 e. The summed E-state index contributed by atoms with van der Waals surface area (Å²) in [4.78, 5) is 243. The van der Waals surface area contributed by atoms with Crippen LogP contribution in [0.4, 0.5) is 27.6 Å². The van der Waals surface area contributed by atoms with Crippen LogP contribution in [0.3, 0.4) is 0 Å². The van der Waals surface area contributed by atoms with Crippen LogP contribution in [-0.4, -0.2) is 229 Å². The number of amides is 15. The molecule has 15 N–H and O–H groups in total. The molecule has 0 aromatic heterocycles. The summed E-state index contributed by atoms with van der Waals surface area (Å²) in [5.74, 6) is -13.3. The van der Waals surface area contributed by atoms with Crippen molar-refractivity contribution in [2.75, 3.05) is 19.6 Å². The van der Waals surface area contributed by atoms with Crippen molar-refractivity contribution in [1.29, 1.82) is 0 Å². The van der Waals surface area contributed by atoms with Crippen LogP contribution < -0.4 is 65.1 Å². The Balaban J connectivity index is 0.000000197. The summed E-state index contributed by atoms with van der Waals surface area (Å²) in [5.41, 5.74) is 12.3. The maximum atomic E-state index is 14.7. The van der Waals surface area contributed by atoms with Gasteiger partial charge in [0.25, 0.3) is 17.7 Å². The van der Waals surface area contributed by atoms with E-state index in [0.29, 0.717) is 31.4 Å². The molecule has 3 aromatic carbocycles. The number of piperidine rings is 3. The van der Waals surface area contributed by atoms with E-state index in [1.165, 1.54) is 9.80 Å². The molecule has 41 heteroatoms. The van der Waals surface area contributed by atoms with Crippen LogP contribution in [0, 0.1) is 97.1 Å². The standard InChI is InChI=1S/C37H53N5O7.C35H49Cl2N5O7.C35H46F3N5O7/c1-35(2,3)29(33(47)49-36(4,5)6)41-34(48)40-26(22-16-20-11-9-10-12-21(20)17-22)32(46)42-18-23-25(37(23,7)8)27(42)31(45)39-24(15-19-13-14-19)28(43)30(38)44;1-18(20-14-9-8-10-15-20)49-31(47)27(34(5,6)7)41-32(48)40-26(33(2,3)4)30(46)42-17-21-23(35(21,36)37)24(42)29(45)39-22(25(43)28(38)44)16-19-12-11-13-19;1-32(2,3)25(41-31(49)42-26(34(13-14-34)35(36,37)38)30(48)50-17-19-9-7-6-8-10-19)29(47)43-16-20-22(33(20,4)5)23(43)28(46)40-21(15-18-11-12-18)24(44)27(39)45/h9-12,19,22-27,29H,13-18H2,1-8H3,(H2,38,44)(H,39,45)(H2,40,41,48);8-10,14-15,18-19,21-24,26-27H,11-13,16-17H2,1-7H3,(H2,38,44)(H,39,45)(H2,40,41,48);6-10,18,20-23,25-26H,11-17H2,1-5H3,(H2,39,45)(H,40,46)(H2,41,42,49)/t23-,24?,25-,26-,27-,29+;18-,21-,22?,23-,24-,26+,27+;20-,21?,22-,23-,25+,26+/m000/s1. The Morgan fingerprint density at radius 1 is 0.426 bits per heavy atom. The van der Waals surface area contributed by atoms with Crippen molar-refractivity contribution < 1.29 is 114 Å². The minimum atomic E-state index is -4.83. The van der Waals surface area contributed by atoms with E-state index in [-0.39, 0.29) is 90.7 Å². The highest BCUT2D eigenvalue weighted by Gasteiger charge is 2.76. The molecule has 0 radical (unpaired) electrons. The number of ketones is 3. The summed E-state index contributed by atoms with van der Waals surface area (Å²) in [6.07, 6.45) is 1.95. The summed E-state index contributed by atoms with van der Waals surface area (Å²) in [6, 6.07) is 8.70. The van der Waals surface area contributed by atoms with Crippen LogP contribution in [0.1, 0.15) is 244 Å². The SMILES string of the molecule is CC(C)(C)OC(=O)[C@@H](NC(=O)N[C@H](C(=O)N1C[C@H]2[C@@H]([C@H]1C(=O)NC(CC1CC1)C(=O)C(N)=O)C2(C)C)C1Cc2ccccc2C1)C(C)(C)C.CC(C)(C)[C@H](NC(=O)N[C@H](C(=O)OCc1ccccc1)C1(C(F)(F)F)CC1)C(=O)N1C[C@H]2[C@@H]([C@H]1C(=O)NC(CC1CC1)C(=O)C(N)=O)C2(C)C.C[C@H](OC(=O)[C@@H](NC(=O)N[C@H](C(=O)N1C[C@H]2[C@@H]([C@H]1C(=O)NC(CC1CCC1)C(=O)C(N)=O)C2(Cl)Cl)C(C)(C)C)C(C)(C)C)c1ccccc1. The van der Waals surface area contributed by atoms with E-state index < -0.39 is 253 Å². The van der Waals surface area contributed by atoms with Crippen molar-refractivity contribution in [3.8, 4) is 0 Å². The van der Waals surface area contributed by atoms with Crippen molar-refractivity contribution in [2.24, 2.45) is 114 Å². The Hall–Kier alpha value is -11.5. The Labute approximate surface area is 872 Å². The molecular weight excluding hydrogens is 1960 g/mol. The minimum absolute atomic E-state index is 0.0375. The molecule has 812 valence electrons. The number of fused-ring (bicyclic) bond motifs is 4. The number of rotatable bonds is 36. The molecule has 3 aromatic rings. The van der Waals surface area contributed by atoms with Crippen molar-refractivity contribution in [2.45, 2.75) is 330 Å². The first kappa shape index (κ1) is 115. The normalized spacial score (nSPS) is 24.4. The van der Waals surface area contributed by atoms with Gasteiger partial charge in [0.2, 0.25) is 52.8 Å². The minimum Gasteiger partial charge on any atom is -0.459 e. The summed E-state index contributed by atoms with van der Waals surface area (Å²) in [5, 5.41) is 23.9. The predicted octanol–water partition coefficient (Wildman–Crippen LogP) is 9.40. The summed E-state index contributed by atoms with van der Waals surface area (Å²) >= 11 is 13.0. The molecule has 3 saturated heterocycles. The number of likely N-dealkylation sites (tertiary alicyclic amines) is 3. The molecule has 10 fully saturated rings. The second-order valence-corrected chi connectivity index (χ2v) is 50.4. The third kappa shape index (κ3) is 26.7. The molecule has 148 heavy (non-hydrogen) atoms. The van der Waals surface area contributed by atoms with Crippen LogP contribution in [0.5, 0.6) is 0 Å². The third-order valence-corrected chi connectivity index (χ3v) is 32.7. The quantitative estimate of drug-likeness (QED) is 0.0112. The number of carbonyl (C=O) groups excluding carboxylic acids is 18. The lowest BCUT2D eigenvalue weighted by Crippen LogP contribution is -2.63. The number of hydrogen-bond acceptors (Lipinski definition) is 21. The Morgan fingerprint density at radius 2 is 0.777 bits per heavy atom. The number of ether oxygens (including phenoxy) is 3. The fourth-order valence-electron chi connectivity index (χ4n) is 21.9. The zero-order chi connectivity index (χ0) is 110. The average Bonchev–Trinajstić information content (AvgIpc) is 1.53. The van der Waals surface area contributed by atoms with Gasteiger partial charge < -0.3 is 94.0 Å². The highest BCUT2D eigenvalue weighted by atomic mass is 35.5. The number of carbonyl (C=O) groups is 18. The number of nitrogens with zero attached hydrogens (tertiary/aromatic N) is 3. The number of primary amides is 3. The molecule has 8 aliphatic carbocycles. The molecule has 0 spiro atoms. The molecule has 19 atom stereocenters. The number of nitrogens with two attached hydrogens (primary N) is 3. The van der Waals surface area contributed by atoms with E-state index >= 15 is 0 Å². The van der Waals surface area contributed by atoms with Gasteiger partial charge in [-0.25, -0.2) is 28.8 Å². The van der Waals surface area contributed by atoms with Crippen molar-refractivity contribution in [3.63, 3.8) is 0 Å². The van der Waals surface area contributed by atoms with Gasteiger partial charge in [-0.2, -0.15) is 13.2 Å². The fraction of sp³-hybridized carbons (Fsp3) is 0.664. The summed E-state index contributed by atoms with van der Waals surface area (Å²) in [7, 11) is 0. The van der Waals surface area contributed by atoms with Crippen LogP contribution in [-0.2, 0) is 106 Å². The number of halogens is 5. The van der Waals surface area contributed by atoms with E-state index in [0.717, 1.165) is 61.6 Å². The zero-order valence-electron chi connectivity index (χ0n) is 88.1. The van der Waals surface area contributed by atoms with E-state index in [4.69, 9.17) is 54.6 Å². The highest BCUT2D eigenvalue weighted by molar-refractivity contribution is 6.51. The topological polar surface area (TPSA) is 531 Å². The molecular formula is C107H148Cl2F3N15O21. The molecule has 0 bridgehead atoms. The number of urea groups is 3. The van der Waals surface area contributed by atoms with Crippen molar-refractivity contribution in [3.05, 3.63) is 107 Å². The summed E-state index contributed by atoms with van der Waals surface area (Å²) in [6.45, 7) is 36.2. The third-order valence-electron chi connectivity index (χ3n) is 31.6. The van der Waals surface area contributed by atoms with Gasteiger partial charge in [0.1, 0.15) is 77.0 Å². The van der Waals surface area contributed by atoms with E-state index in [1.807, 2.05) is 89.2 Å². The highest BCUT2D eigenvalue weighted by Crippen LogP contribution is 2.68. The number of Topliss-reactive ketones (excluding diaryl/α,β-unsaturated/α-hetero) is 3. The van der Waals surface area contributed by atoms with Gasteiger partial charge >= 0.3 is 42.2 Å². The lowest BCUT2D eigenvalue weighted by Gasteiger charge is -2.38. The molecule has 3 heterocycles. The average molecular weight is 2110 g/mol. The van der Waals surface area contributed by atoms with Crippen LogP contribution in [0.15, 0.2) is 84.9 Å². The number of esters is 3. The largest absolute Gasteiger partial charge is 0.459 e. The lowest BCUT2D eigenvalue weighted by molar-refractivity contribution is -0.202. The Kier molecular flexibility index (Phi) is 34.1. The smallest absolute Gasteiger partial charge is 0.397 e. The van der Waals surface area contributed by atoms with E-state index in [1.54, 1.807) is 125 Å². The van der Waals surface area contributed by atoms with Crippen LogP contribution in [0.2, 0.25) is 0 Å². The first-order chi connectivity index (χ1) is 68.5. The molecule has 3 unspecified atom stereocenters. The first-order valence-corrected chi connectivity index (χ1v) is 52.0. The van der Waals surface area contributed by atoms with Crippen molar-refractivity contribution >= 4 is 130 Å². The molecule has 7 saturated carbocycles. The summed E-state index contributed by atoms with van der Waals surface area (Å²) < 4.78 is 58.1. The van der Waals surface area contributed by atoms with Gasteiger partial charge in [0.15, 0.2) is 0 Å². The van der Waals surface area contributed by atoms with Gasteiger partial charge in [-0.1, -0.05) is 241 Å². The Bertz CT molecular complexity index is 5560.